The second-order valence-electron chi connectivity index (χ2n) is 7.40. The van der Waals surface area contributed by atoms with E-state index in [4.69, 9.17) is 0 Å². The molecule has 8 bridgehead atoms. The van der Waals surface area contributed by atoms with E-state index < -0.39 is 0 Å². The van der Waals surface area contributed by atoms with Crippen LogP contribution in [0.1, 0.15) is 38.5 Å². The summed E-state index contributed by atoms with van der Waals surface area (Å²) in [5.74, 6) is 6.07. The fraction of sp³-hybridized carbons (Fsp3) is 1.00. The predicted octanol–water partition coefficient (Wildman–Crippen LogP) is 3.21. The van der Waals surface area contributed by atoms with Crippen molar-refractivity contribution in [2.75, 3.05) is 0 Å². The van der Waals surface area contributed by atoms with Gasteiger partial charge in [-0.25, -0.2) is 0 Å². The fourth-order valence-electron chi connectivity index (χ4n) is 7.08. The first-order valence-corrected chi connectivity index (χ1v) is 7.16. The molecule has 16 heavy (non-hydrogen) atoms. The van der Waals surface area contributed by atoms with Crippen LogP contribution in [0.2, 0.25) is 0 Å². The Morgan fingerprint density at radius 1 is 0.812 bits per heavy atom. The number of rotatable bonds is 1. The summed E-state index contributed by atoms with van der Waals surface area (Å²) in [5.41, 5.74) is -0.0656. The van der Waals surface area contributed by atoms with Crippen molar-refractivity contribution in [3.63, 3.8) is 0 Å². The van der Waals surface area contributed by atoms with Gasteiger partial charge in [-0.05, 0) is 80.0 Å². The summed E-state index contributed by atoms with van der Waals surface area (Å²) in [5, 5.41) is 3.77. The molecule has 7 aliphatic carbocycles. The Balaban J connectivity index is 1.74. The summed E-state index contributed by atoms with van der Waals surface area (Å²) in [6.45, 7) is 0. The molecule has 0 saturated heterocycles. The Labute approximate surface area is 96.1 Å². The Morgan fingerprint density at radius 2 is 1.44 bits per heavy atom. The van der Waals surface area contributed by atoms with Crippen molar-refractivity contribution in [2.45, 2.75) is 44.1 Å². The standard InChI is InChI=1S/C14H19NO/c16-15-14-6-8-2-10-9-1-7(4-12(10)14)5-13(14)11(9)3-8/h7-13H,1-6H2. The maximum atomic E-state index is 11.5. The van der Waals surface area contributed by atoms with E-state index in [-0.39, 0.29) is 5.54 Å². The van der Waals surface area contributed by atoms with E-state index in [1.807, 2.05) is 0 Å². The van der Waals surface area contributed by atoms with E-state index in [1.54, 1.807) is 0 Å². The zero-order chi connectivity index (χ0) is 10.5. The first-order chi connectivity index (χ1) is 7.82. The minimum Gasteiger partial charge on any atom is -0.150 e. The van der Waals surface area contributed by atoms with Gasteiger partial charge in [-0.2, -0.15) is 4.91 Å². The van der Waals surface area contributed by atoms with Crippen molar-refractivity contribution in [1.29, 1.82) is 0 Å². The predicted molar refractivity (Wildman–Crippen MR) is 60.7 cm³/mol. The molecule has 4 atom stereocenters. The summed E-state index contributed by atoms with van der Waals surface area (Å²) in [4.78, 5) is 11.5. The molecule has 4 unspecified atom stereocenters. The summed E-state index contributed by atoms with van der Waals surface area (Å²) in [6, 6.07) is 0. The van der Waals surface area contributed by atoms with Crippen LogP contribution in [-0.2, 0) is 0 Å². The smallest absolute Gasteiger partial charge is 0.109 e. The minimum absolute atomic E-state index is 0.0656. The molecule has 86 valence electrons. The van der Waals surface area contributed by atoms with Gasteiger partial charge in [0.1, 0.15) is 5.54 Å². The minimum atomic E-state index is -0.0656. The third kappa shape index (κ3) is 0.698. The molecular weight excluding hydrogens is 198 g/mol. The average molecular weight is 217 g/mol. The van der Waals surface area contributed by atoms with Crippen LogP contribution in [-0.4, -0.2) is 5.54 Å². The van der Waals surface area contributed by atoms with Crippen molar-refractivity contribution < 1.29 is 0 Å². The number of nitrogens with zero attached hydrogens (tertiary/aromatic N) is 1. The molecule has 0 N–H and O–H groups in total. The van der Waals surface area contributed by atoms with Gasteiger partial charge >= 0.3 is 0 Å². The third-order valence-electron chi connectivity index (χ3n) is 7.19. The van der Waals surface area contributed by atoms with Crippen molar-refractivity contribution in [3.8, 4) is 0 Å². The molecule has 7 saturated carbocycles. The van der Waals surface area contributed by atoms with Crippen molar-refractivity contribution in [3.05, 3.63) is 4.91 Å². The largest absolute Gasteiger partial charge is 0.150 e. The van der Waals surface area contributed by atoms with Crippen LogP contribution in [0, 0.1) is 46.3 Å². The van der Waals surface area contributed by atoms with Gasteiger partial charge in [0, 0.05) is 0 Å². The van der Waals surface area contributed by atoms with Gasteiger partial charge in [0.05, 0.1) is 0 Å². The average Bonchev–Trinajstić information content (AvgIpc) is 2.34. The SMILES string of the molecule is O=NC12CC3CC4C5CC(CC41)CC2C5C3. The molecule has 0 radical (unpaired) electrons. The van der Waals surface area contributed by atoms with Gasteiger partial charge in [0.15, 0.2) is 0 Å². The number of hydrogen-bond acceptors (Lipinski definition) is 2. The third-order valence-corrected chi connectivity index (χ3v) is 7.19. The van der Waals surface area contributed by atoms with E-state index in [2.05, 4.69) is 5.18 Å². The zero-order valence-electron chi connectivity index (χ0n) is 9.64. The molecule has 0 aromatic rings. The molecule has 0 amide bonds. The maximum Gasteiger partial charge on any atom is 0.109 e. The van der Waals surface area contributed by atoms with Gasteiger partial charge in [0.25, 0.3) is 0 Å². The van der Waals surface area contributed by atoms with E-state index in [1.165, 1.54) is 32.1 Å². The number of hydrogen-bond donors (Lipinski definition) is 0. The first kappa shape index (κ1) is 8.66. The second-order valence-corrected chi connectivity index (χ2v) is 7.40. The summed E-state index contributed by atoms with van der Waals surface area (Å²) in [7, 11) is 0. The normalized spacial score (nSPS) is 68.9. The molecule has 0 aliphatic heterocycles. The van der Waals surface area contributed by atoms with Gasteiger partial charge in [0.2, 0.25) is 0 Å². The van der Waals surface area contributed by atoms with E-state index in [9.17, 15) is 4.91 Å². The van der Waals surface area contributed by atoms with Crippen LogP contribution in [0.15, 0.2) is 5.18 Å². The molecule has 0 aromatic carbocycles. The van der Waals surface area contributed by atoms with Crippen molar-refractivity contribution >= 4 is 0 Å². The molecule has 0 heterocycles. The summed E-state index contributed by atoms with van der Waals surface area (Å²) in [6.07, 6.45) is 8.26. The van der Waals surface area contributed by atoms with Crippen LogP contribution in [0.4, 0.5) is 0 Å². The van der Waals surface area contributed by atoms with Gasteiger partial charge in [-0.3, -0.25) is 0 Å². The highest BCUT2D eigenvalue weighted by atomic mass is 16.3. The van der Waals surface area contributed by atoms with Crippen LogP contribution in [0.5, 0.6) is 0 Å². The molecule has 0 aromatic heterocycles. The monoisotopic (exact) mass is 217 g/mol. The quantitative estimate of drug-likeness (QED) is 0.620. The highest BCUT2D eigenvalue weighted by molar-refractivity contribution is 5.22. The lowest BCUT2D eigenvalue weighted by molar-refractivity contribution is -0.214. The van der Waals surface area contributed by atoms with E-state index >= 15 is 0 Å². The molecule has 7 aliphatic rings. The lowest BCUT2D eigenvalue weighted by Crippen LogP contribution is -2.70. The maximum absolute atomic E-state index is 11.5. The Morgan fingerprint density at radius 3 is 2.06 bits per heavy atom. The van der Waals surface area contributed by atoms with Crippen molar-refractivity contribution in [2.24, 2.45) is 46.6 Å². The second kappa shape index (κ2) is 2.39. The zero-order valence-corrected chi connectivity index (χ0v) is 9.64. The molecule has 2 heteroatoms. The fourth-order valence-corrected chi connectivity index (χ4v) is 7.08. The van der Waals surface area contributed by atoms with Gasteiger partial charge < -0.3 is 0 Å². The molecule has 0 spiro atoms. The summed E-state index contributed by atoms with van der Waals surface area (Å²) >= 11 is 0. The lowest BCUT2D eigenvalue weighted by atomic mass is 9.33. The Bertz CT molecular complexity index is 355. The highest BCUT2D eigenvalue weighted by Crippen LogP contribution is 2.73. The van der Waals surface area contributed by atoms with Crippen LogP contribution < -0.4 is 0 Å². The highest BCUT2D eigenvalue weighted by Gasteiger charge is 2.71. The lowest BCUT2D eigenvalue weighted by Gasteiger charge is -2.72. The van der Waals surface area contributed by atoms with Crippen LogP contribution >= 0.6 is 0 Å². The Hall–Kier alpha value is -0.400. The summed E-state index contributed by atoms with van der Waals surface area (Å²) < 4.78 is 0. The number of nitroso groups, excluding NO2 is 1. The van der Waals surface area contributed by atoms with E-state index in [0.29, 0.717) is 11.8 Å². The molecule has 2 nitrogen and oxygen atoms in total. The molecular formula is C14H19NO. The van der Waals surface area contributed by atoms with Crippen LogP contribution in [0.3, 0.4) is 0 Å². The molecule has 7 fully saturated rings. The van der Waals surface area contributed by atoms with E-state index in [0.717, 1.165) is 36.0 Å². The van der Waals surface area contributed by atoms with Crippen molar-refractivity contribution in [1.82, 2.24) is 0 Å². The Kier molecular flexibility index (Phi) is 1.29. The van der Waals surface area contributed by atoms with Gasteiger partial charge in [-0.1, -0.05) is 5.18 Å². The molecule has 7 rings (SSSR count). The van der Waals surface area contributed by atoms with Gasteiger partial charge in [-0.15, -0.1) is 0 Å². The van der Waals surface area contributed by atoms with Crippen LogP contribution in [0.25, 0.3) is 0 Å². The topological polar surface area (TPSA) is 29.4 Å². The first-order valence-electron chi connectivity index (χ1n) is 7.16.